The van der Waals surface area contributed by atoms with E-state index in [1.165, 1.54) is 61.3 Å². The average molecular weight is 478 g/mol. The predicted octanol–water partition coefficient (Wildman–Crippen LogP) is 8.74. The Bertz CT molecular complexity index is 1600. The molecule has 0 radical (unpaired) electrons. The summed E-state index contributed by atoms with van der Waals surface area (Å²) in [5.74, 6) is 0.234. The first-order chi connectivity index (χ1) is 18.2. The summed E-state index contributed by atoms with van der Waals surface area (Å²) >= 11 is 0. The monoisotopic (exact) mass is 477 g/mol. The first-order valence-electron chi connectivity index (χ1n) is 13.4. The number of nitrogens with zero attached hydrogens (tertiary/aromatic N) is 1. The van der Waals surface area contributed by atoms with Gasteiger partial charge in [-0.25, -0.2) is 0 Å². The zero-order valence-electron chi connectivity index (χ0n) is 21.5. The van der Waals surface area contributed by atoms with Crippen molar-refractivity contribution in [2.75, 3.05) is 0 Å². The lowest BCUT2D eigenvalue weighted by molar-refractivity contribution is 0.221. The topological polar surface area (TPSA) is 3.24 Å². The molecule has 1 heteroatoms. The Balaban J connectivity index is 1.57. The van der Waals surface area contributed by atoms with Crippen molar-refractivity contribution in [3.63, 3.8) is 0 Å². The quantitative estimate of drug-likeness (QED) is 0.285. The van der Waals surface area contributed by atoms with Crippen LogP contribution in [0.5, 0.6) is 0 Å². The molecule has 3 aliphatic rings. The molecule has 7 rings (SSSR count). The maximum atomic E-state index is 2.67. The summed E-state index contributed by atoms with van der Waals surface area (Å²) in [6.07, 6.45) is 10.3. The molecule has 0 saturated heterocycles. The van der Waals surface area contributed by atoms with Crippen LogP contribution in [-0.4, -0.2) is 10.9 Å². The van der Waals surface area contributed by atoms with Gasteiger partial charge in [0.1, 0.15) is 0 Å². The van der Waals surface area contributed by atoms with Crippen LogP contribution in [-0.2, 0) is 6.54 Å². The first-order valence-corrected chi connectivity index (χ1v) is 13.4. The van der Waals surface area contributed by atoms with E-state index < -0.39 is 0 Å². The molecular formula is C36H31N. The van der Waals surface area contributed by atoms with E-state index in [9.17, 15) is 0 Å². The Morgan fingerprint density at radius 2 is 1.46 bits per heavy atom. The second-order valence-corrected chi connectivity index (χ2v) is 10.6. The molecule has 0 saturated carbocycles. The van der Waals surface area contributed by atoms with Gasteiger partial charge in [0.15, 0.2) is 0 Å². The minimum absolute atomic E-state index is 0.234. The number of hydrogen-bond acceptors (Lipinski definition) is 1. The number of benzene rings is 4. The highest BCUT2D eigenvalue weighted by Crippen LogP contribution is 2.51. The second-order valence-electron chi connectivity index (χ2n) is 10.6. The Kier molecular flexibility index (Phi) is 5.25. The third kappa shape index (κ3) is 3.53. The SMILES string of the molecule is Cc1ccccc1-c1c(C)ccc2c1C(c1ccccc1)C1C=C(C3=CC=CC3)N1Cc1ccccc1-2. The molecule has 37 heavy (non-hydrogen) atoms. The van der Waals surface area contributed by atoms with Gasteiger partial charge in [-0.1, -0.05) is 109 Å². The molecule has 2 unspecified atom stereocenters. The maximum Gasteiger partial charge on any atom is 0.0609 e. The van der Waals surface area contributed by atoms with Gasteiger partial charge in [-0.15, -0.1) is 0 Å². The lowest BCUT2D eigenvalue weighted by atomic mass is 9.71. The van der Waals surface area contributed by atoms with Crippen molar-refractivity contribution < 1.29 is 0 Å². The molecule has 1 aliphatic carbocycles. The van der Waals surface area contributed by atoms with E-state index in [2.05, 4.69) is 134 Å². The standard InChI is InChI=1S/C36H31N/c1-24-12-6-10-18-29(24)34-25(2)20-21-31-30-19-11-9-17-28(30)23-37-32(26-13-7-8-14-26)22-33(37)35(36(31)34)27-15-4-3-5-16-27/h3-13,15-22,33,35H,14,23H2,1-2H3. The minimum atomic E-state index is 0.234. The van der Waals surface area contributed by atoms with Crippen molar-refractivity contribution in [1.29, 1.82) is 0 Å². The summed E-state index contributed by atoms with van der Waals surface area (Å²) in [4.78, 5) is 2.67. The van der Waals surface area contributed by atoms with Gasteiger partial charge in [0.05, 0.1) is 6.04 Å². The minimum Gasteiger partial charge on any atom is -0.360 e. The van der Waals surface area contributed by atoms with Crippen LogP contribution < -0.4 is 0 Å². The highest BCUT2D eigenvalue weighted by molar-refractivity contribution is 5.85. The van der Waals surface area contributed by atoms with Crippen LogP contribution in [0, 0.1) is 13.8 Å². The van der Waals surface area contributed by atoms with Crippen LogP contribution in [0.1, 0.15) is 40.2 Å². The summed E-state index contributed by atoms with van der Waals surface area (Å²) in [6.45, 7) is 5.46. The molecule has 4 aromatic rings. The van der Waals surface area contributed by atoms with E-state index >= 15 is 0 Å². The van der Waals surface area contributed by atoms with Gasteiger partial charge in [0, 0.05) is 18.2 Å². The van der Waals surface area contributed by atoms with Crippen molar-refractivity contribution in [3.8, 4) is 22.3 Å². The van der Waals surface area contributed by atoms with Gasteiger partial charge < -0.3 is 4.90 Å². The van der Waals surface area contributed by atoms with Crippen molar-refractivity contribution in [2.45, 2.75) is 38.8 Å². The molecule has 0 spiro atoms. The van der Waals surface area contributed by atoms with Crippen LogP contribution in [0.15, 0.2) is 127 Å². The van der Waals surface area contributed by atoms with Gasteiger partial charge in [0.25, 0.3) is 0 Å². The molecule has 2 atom stereocenters. The van der Waals surface area contributed by atoms with Gasteiger partial charge in [-0.3, -0.25) is 0 Å². The van der Waals surface area contributed by atoms with E-state index in [4.69, 9.17) is 0 Å². The Labute approximate surface area is 220 Å². The molecule has 180 valence electrons. The molecular weight excluding hydrogens is 446 g/mol. The number of allylic oxidation sites excluding steroid dienone is 4. The third-order valence-corrected chi connectivity index (χ3v) is 8.43. The zero-order valence-corrected chi connectivity index (χ0v) is 21.5. The number of rotatable bonds is 3. The van der Waals surface area contributed by atoms with Crippen molar-refractivity contribution in [2.24, 2.45) is 0 Å². The molecule has 0 N–H and O–H groups in total. The molecule has 4 aromatic carbocycles. The lowest BCUT2D eigenvalue weighted by Gasteiger charge is -2.49. The maximum absolute atomic E-state index is 2.67. The molecule has 2 heterocycles. The van der Waals surface area contributed by atoms with Crippen LogP contribution in [0.4, 0.5) is 0 Å². The smallest absolute Gasteiger partial charge is 0.0609 e. The normalized spacial score (nSPS) is 19.6. The van der Waals surface area contributed by atoms with Crippen LogP contribution in [0.3, 0.4) is 0 Å². The number of fused-ring (bicyclic) bond motifs is 4. The summed E-state index contributed by atoms with van der Waals surface area (Å²) in [7, 11) is 0. The van der Waals surface area contributed by atoms with E-state index in [-0.39, 0.29) is 5.92 Å². The van der Waals surface area contributed by atoms with Gasteiger partial charge in [-0.2, -0.15) is 0 Å². The van der Waals surface area contributed by atoms with Crippen molar-refractivity contribution >= 4 is 0 Å². The fraction of sp³-hybridized carbons (Fsp3) is 0.167. The highest BCUT2D eigenvalue weighted by Gasteiger charge is 2.41. The summed E-state index contributed by atoms with van der Waals surface area (Å²) in [6, 6.07) is 34.1. The number of aryl methyl sites for hydroxylation is 2. The molecule has 0 fully saturated rings. The highest BCUT2D eigenvalue weighted by atomic mass is 15.2. The van der Waals surface area contributed by atoms with Gasteiger partial charge in [0.2, 0.25) is 0 Å². The van der Waals surface area contributed by atoms with Crippen LogP contribution >= 0.6 is 0 Å². The Hall–Kier alpha value is -4.10. The van der Waals surface area contributed by atoms with Crippen molar-refractivity contribution in [1.82, 2.24) is 4.90 Å². The van der Waals surface area contributed by atoms with E-state index in [0.29, 0.717) is 6.04 Å². The number of hydrogen-bond donors (Lipinski definition) is 0. The van der Waals surface area contributed by atoms with Gasteiger partial charge >= 0.3 is 0 Å². The second kappa shape index (κ2) is 8.78. The van der Waals surface area contributed by atoms with E-state index in [0.717, 1.165) is 13.0 Å². The molecule has 0 aromatic heterocycles. The van der Waals surface area contributed by atoms with Crippen molar-refractivity contribution in [3.05, 3.63) is 154 Å². The van der Waals surface area contributed by atoms with Crippen LogP contribution in [0.2, 0.25) is 0 Å². The zero-order chi connectivity index (χ0) is 24.9. The molecule has 0 amide bonds. The average Bonchev–Trinajstić information content (AvgIpc) is 3.44. The molecule has 1 nitrogen and oxygen atoms in total. The fourth-order valence-electron chi connectivity index (χ4n) is 6.62. The summed E-state index contributed by atoms with van der Waals surface area (Å²) in [5.41, 5.74) is 15.2. The largest absolute Gasteiger partial charge is 0.360 e. The Morgan fingerprint density at radius 3 is 2.24 bits per heavy atom. The molecule has 0 bridgehead atoms. The predicted molar refractivity (Wildman–Crippen MR) is 154 cm³/mol. The summed E-state index contributed by atoms with van der Waals surface area (Å²) in [5, 5.41) is 0. The lowest BCUT2D eigenvalue weighted by Crippen LogP contribution is -2.46. The summed E-state index contributed by atoms with van der Waals surface area (Å²) < 4.78 is 0. The van der Waals surface area contributed by atoms with Crippen LogP contribution in [0.25, 0.3) is 22.3 Å². The van der Waals surface area contributed by atoms with E-state index in [1.807, 2.05) is 0 Å². The van der Waals surface area contributed by atoms with Gasteiger partial charge in [-0.05, 0) is 82.0 Å². The molecule has 2 aliphatic heterocycles. The fourth-order valence-corrected chi connectivity index (χ4v) is 6.62. The van der Waals surface area contributed by atoms with E-state index in [1.54, 1.807) is 0 Å². The Morgan fingerprint density at radius 1 is 0.703 bits per heavy atom. The third-order valence-electron chi connectivity index (χ3n) is 8.43. The first kappa shape index (κ1) is 22.1.